The van der Waals surface area contributed by atoms with Crippen LogP contribution in [0.25, 0.3) is 0 Å². The number of hydrogen-bond acceptors (Lipinski definition) is 2. The van der Waals surface area contributed by atoms with Gasteiger partial charge in [-0.2, -0.15) is 0 Å². The quantitative estimate of drug-likeness (QED) is 0.585. The molecule has 1 N–H and O–H groups in total. The van der Waals surface area contributed by atoms with E-state index in [1.165, 1.54) is 12.1 Å². The lowest BCUT2D eigenvalue weighted by molar-refractivity contribution is -0.134. The van der Waals surface area contributed by atoms with Crippen LogP contribution >= 0.6 is 0 Å². The molecule has 2 amide bonds. The molecule has 1 unspecified atom stereocenters. The molecule has 1 aromatic carbocycles. The van der Waals surface area contributed by atoms with Gasteiger partial charge in [-0.15, -0.1) is 6.42 Å². The first kappa shape index (κ1) is 11.3. The first-order valence-electron chi connectivity index (χ1n) is 5.22. The Hall–Kier alpha value is -2.15. The van der Waals surface area contributed by atoms with E-state index < -0.39 is 17.6 Å². The summed E-state index contributed by atoms with van der Waals surface area (Å²) in [6.07, 6.45) is 5.69. The summed E-state index contributed by atoms with van der Waals surface area (Å²) in [6, 6.07) is 4.61. The number of nitrogens with one attached hydrogen (secondary N) is 1. The number of amides is 2. The summed E-state index contributed by atoms with van der Waals surface area (Å²) in [5.74, 6) is 0.252. The van der Waals surface area contributed by atoms with Crippen molar-refractivity contribution in [2.75, 3.05) is 0 Å². The third kappa shape index (κ3) is 2.04. The number of carbonyl (C=O) groups is 2. The van der Waals surface area contributed by atoms with Gasteiger partial charge in [0.25, 0.3) is 0 Å². The lowest BCUT2D eigenvalue weighted by Crippen LogP contribution is -2.39. The summed E-state index contributed by atoms with van der Waals surface area (Å²) in [6.45, 7) is 0. The van der Waals surface area contributed by atoms with Crippen LogP contribution < -0.4 is 5.32 Å². The molecule has 1 aliphatic rings. The van der Waals surface area contributed by atoms with Crippen LogP contribution in [0.5, 0.6) is 0 Å². The lowest BCUT2D eigenvalue weighted by atomic mass is 9.89. The summed E-state index contributed by atoms with van der Waals surface area (Å²) in [4.78, 5) is 22.6. The molecule has 0 spiro atoms. The van der Waals surface area contributed by atoms with Crippen molar-refractivity contribution >= 4 is 11.8 Å². The van der Waals surface area contributed by atoms with Gasteiger partial charge in [-0.3, -0.25) is 14.9 Å². The van der Waals surface area contributed by atoms with Gasteiger partial charge >= 0.3 is 0 Å². The Morgan fingerprint density at radius 1 is 1.41 bits per heavy atom. The van der Waals surface area contributed by atoms with Gasteiger partial charge in [0.2, 0.25) is 11.8 Å². The second kappa shape index (κ2) is 4.38. The maximum Gasteiger partial charge on any atom is 0.234 e. The summed E-state index contributed by atoms with van der Waals surface area (Å²) in [5, 5.41) is 2.20. The molecular formula is C13H10FNO2. The van der Waals surface area contributed by atoms with Crippen LogP contribution in [-0.4, -0.2) is 11.8 Å². The van der Waals surface area contributed by atoms with Crippen LogP contribution in [0, 0.1) is 18.2 Å². The van der Waals surface area contributed by atoms with Crippen LogP contribution in [0.3, 0.4) is 0 Å². The average molecular weight is 231 g/mol. The van der Waals surface area contributed by atoms with Crippen LogP contribution in [-0.2, 0) is 9.59 Å². The lowest BCUT2D eigenvalue weighted by Gasteiger charge is -2.21. The van der Waals surface area contributed by atoms with E-state index in [9.17, 15) is 14.0 Å². The minimum absolute atomic E-state index is 0.132. The Bertz CT molecular complexity index is 531. The number of piperidine rings is 1. The van der Waals surface area contributed by atoms with Crippen molar-refractivity contribution in [1.82, 2.24) is 5.32 Å². The van der Waals surface area contributed by atoms with Crippen molar-refractivity contribution in [3.8, 4) is 12.3 Å². The molecule has 1 aromatic rings. The molecule has 0 bridgehead atoms. The van der Waals surface area contributed by atoms with Crippen LogP contribution in [0.1, 0.15) is 29.9 Å². The molecule has 86 valence electrons. The van der Waals surface area contributed by atoms with Gasteiger partial charge in [-0.1, -0.05) is 18.1 Å². The van der Waals surface area contributed by atoms with Crippen molar-refractivity contribution in [3.05, 3.63) is 35.1 Å². The summed E-state index contributed by atoms with van der Waals surface area (Å²) < 4.78 is 13.9. The Morgan fingerprint density at radius 2 is 2.18 bits per heavy atom. The van der Waals surface area contributed by atoms with E-state index in [0.29, 0.717) is 6.42 Å². The van der Waals surface area contributed by atoms with Crippen LogP contribution in [0.4, 0.5) is 4.39 Å². The molecule has 4 heteroatoms. The van der Waals surface area contributed by atoms with E-state index in [-0.39, 0.29) is 23.5 Å². The van der Waals surface area contributed by atoms with E-state index in [2.05, 4.69) is 11.2 Å². The number of benzene rings is 1. The van der Waals surface area contributed by atoms with Crippen molar-refractivity contribution < 1.29 is 14.0 Å². The Labute approximate surface area is 98.0 Å². The van der Waals surface area contributed by atoms with Crippen molar-refractivity contribution in [2.45, 2.75) is 18.8 Å². The van der Waals surface area contributed by atoms with Gasteiger partial charge in [-0.25, -0.2) is 4.39 Å². The maximum absolute atomic E-state index is 13.9. The molecule has 0 aromatic heterocycles. The number of imide groups is 1. The molecule has 0 aliphatic carbocycles. The third-order valence-electron chi connectivity index (χ3n) is 2.80. The molecular weight excluding hydrogens is 221 g/mol. The zero-order chi connectivity index (χ0) is 12.4. The monoisotopic (exact) mass is 231 g/mol. The summed E-state index contributed by atoms with van der Waals surface area (Å²) in [5.41, 5.74) is 0.387. The minimum atomic E-state index is -0.638. The zero-order valence-corrected chi connectivity index (χ0v) is 9.00. The SMILES string of the molecule is C#Cc1cccc(C2CCC(=O)NC2=O)c1F. The number of halogens is 1. The topological polar surface area (TPSA) is 46.2 Å². The number of terminal acetylenes is 1. The van der Waals surface area contributed by atoms with E-state index >= 15 is 0 Å². The molecule has 1 atom stereocenters. The highest BCUT2D eigenvalue weighted by atomic mass is 19.1. The fourth-order valence-electron chi connectivity index (χ4n) is 1.92. The number of rotatable bonds is 1. The fraction of sp³-hybridized carbons (Fsp3) is 0.231. The maximum atomic E-state index is 13.9. The van der Waals surface area contributed by atoms with E-state index in [1.807, 2.05) is 0 Å². The number of hydrogen-bond donors (Lipinski definition) is 1. The minimum Gasteiger partial charge on any atom is -0.296 e. The van der Waals surface area contributed by atoms with Crippen molar-refractivity contribution in [1.29, 1.82) is 0 Å². The molecule has 17 heavy (non-hydrogen) atoms. The van der Waals surface area contributed by atoms with Gasteiger partial charge in [-0.05, 0) is 12.5 Å². The number of carbonyl (C=O) groups excluding carboxylic acids is 2. The molecule has 1 fully saturated rings. The standard InChI is InChI=1S/C13H10FNO2/c1-2-8-4-3-5-9(12(8)14)10-6-7-11(16)15-13(10)17/h1,3-5,10H,6-7H2,(H,15,16,17). The largest absolute Gasteiger partial charge is 0.296 e. The second-order valence-electron chi connectivity index (χ2n) is 3.86. The molecule has 1 saturated heterocycles. The molecule has 1 aliphatic heterocycles. The molecule has 0 saturated carbocycles. The molecule has 2 rings (SSSR count). The zero-order valence-electron chi connectivity index (χ0n) is 9.00. The Balaban J connectivity index is 2.38. The van der Waals surface area contributed by atoms with Gasteiger partial charge in [0.1, 0.15) is 5.82 Å². The van der Waals surface area contributed by atoms with E-state index in [1.54, 1.807) is 6.07 Å². The highest BCUT2D eigenvalue weighted by Crippen LogP contribution is 2.28. The van der Waals surface area contributed by atoms with Crippen LogP contribution in [0.2, 0.25) is 0 Å². The average Bonchev–Trinajstić information content (AvgIpc) is 2.30. The summed E-state index contributed by atoms with van der Waals surface area (Å²) in [7, 11) is 0. The smallest absolute Gasteiger partial charge is 0.234 e. The Morgan fingerprint density at radius 3 is 2.82 bits per heavy atom. The normalized spacial score (nSPS) is 19.6. The van der Waals surface area contributed by atoms with Crippen molar-refractivity contribution in [3.63, 3.8) is 0 Å². The first-order valence-corrected chi connectivity index (χ1v) is 5.22. The van der Waals surface area contributed by atoms with Crippen molar-refractivity contribution in [2.24, 2.45) is 0 Å². The second-order valence-corrected chi connectivity index (χ2v) is 3.86. The predicted octanol–water partition coefficient (Wildman–Crippen LogP) is 1.33. The first-order chi connectivity index (χ1) is 8.13. The van der Waals surface area contributed by atoms with Crippen LogP contribution in [0.15, 0.2) is 18.2 Å². The predicted molar refractivity (Wildman–Crippen MR) is 59.5 cm³/mol. The van der Waals surface area contributed by atoms with E-state index in [0.717, 1.165) is 0 Å². The van der Waals surface area contributed by atoms with Gasteiger partial charge in [0.05, 0.1) is 11.5 Å². The highest BCUT2D eigenvalue weighted by molar-refractivity contribution is 6.00. The van der Waals surface area contributed by atoms with Gasteiger partial charge < -0.3 is 0 Å². The molecule has 3 nitrogen and oxygen atoms in total. The molecule has 0 radical (unpaired) electrons. The van der Waals surface area contributed by atoms with Gasteiger partial charge in [0.15, 0.2) is 0 Å². The Kier molecular flexibility index (Phi) is 2.92. The van der Waals surface area contributed by atoms with Gasteiger partial charge in [0, 0.05) is 12.0 Å². The highest BCUT2D eigenvalue weighted by Gasteiger charge is 2.30. The fourth-order valence-corrected chi connectivity index (χ4v) is 1.92. The van der Waals surface area contributed by atoms with E-state index in [4.69, 9.17) is 6.42 Å². The molecule has 1 heterocycles. The summed E-state index contributed by atoms with van der Waals surface area (Å²) >= 11 is 0. The third-order valence-corrected chi connectivity index (χ3v) is 2.80.